The van der Waals surface area contributed by atoms with Gasteiger partial charge < -0.3 is 10.1 Å². The minimum atomic E-state index is 0.490. The molecule has 0 saturated heterocycles. The van der Waals surface area contributed by atoms with Crippen molar-refractivity contribution in [3.63, 3.8) is 0 Å². The highest BCUT2D eigenvalue weighted by molar-refractivity contribution is 9.13. The summed E-state index contributed by atoms with van der Waals surface area (Å²) in [5.41, 5.74) is 0. The number of nitrogens with one attached hydrogen (secondary N) is 1. The summed E-state index contributed by atoms with van der Waals surface area (Å²) in [5.74, 6) is 0. The molecule has 0 aliphatic heterocycles. The van der Waals surface area contributed by atoms with Gasteiger partial charge in [-0.2, -0.15) is 0 Å². The van der Waals surface area contributed by atoms with Crippen LogP contribution < -0.4 is 5.32 Å². The highest BCUT2D eigenvalue weighted by Gasteiger charge is 2.05. The maximum atomic E-state index is 5.04. The van der Waals surface area contributed by atoms with E-state index >= 15 is 0 Å². The maximum Gasteiger partial charge on any atom is 0.0843 e. The van der Waals surface area contributed by atoms with Gasteiger partial charge in [0.05, 0.1) is 3.79 Å². The van der Waals surface area contributed by atoms with Crippen LogP contribution in [0.15, 0.2) is 14.3 Å². The zero-order chi connectivity index (χ0) is 11.3. The third-order valence-electron chi connectivity index (χ3n) is 2.08. The molecule has 1 rings (SSSR count). The minimum Gasteiger partial charge on any atom is -0.385 e. The molecule has 0 spiro atoms. The number of rotatable bonds is 6. The molecule has 0 amide bonds. The van der Waals surface area contributed by atoms with Crippen LogP contribution in [0.3, 0.4) is 0 Å². The summed E-state index contributed by atoms with van der Waals surface area (Å²) in [4.78, 5) is 1.33. The predicted octanol–water partition coefficient (Wildman–Crippen LogP) is 3.79. The van der Waals surface area contributed by atoms with Gasteiger partial charge in [0, 0.05) is 35.7 Å². The molecule has 1 aromatic heterocycles. The van der Waals surface area contributed by atoms with Crippen molar-refractivity contribution in [2.45, 2.75) is 25.9 Å². The SMILES string of the molecule is COCCC(C)NCc1cc(Br)c(Br)s1. The molecule has 15 heavy (non-hydrogen) atoms. The van der Waals surface area contributed by atoms with Crippen LogP contribution in [0.25, 0.3) is 0 Å². The van der Waals surface area contributed by atoms with E-state index in [4.69, 9.17) is 4.74 Å². The third-order valence-corrected chi connectivity index (χ3v) is 5.33. The Morgan fingerprint density at radius 3 is 2.80 bits per heavy atom. The lowest BCUT2D eigenvalue weighted by atomic mass is 10.2. The molecular weight excluding hydrogens is 342 g/mol. The molecule has 0 radical (unpaired) electrons. The van der Waals surface area contributed by atoms with E-state index in [0.717, 1.165) is 27.8 Å². The van der Waals surface area contributed by atoms with E-state index in [9.17, 15) is 0 Å². The van der Waals surface area contributed by atoms with Crippen LogP contribution in [0.2, 0.25) is 0 Å². The van der Waals surface area contributed by atoms with Gasteiger partial charge in [0.1, 0.15) is 0 Å². The zero-order valence-electron chi connectivity index (χ0n) is 8.85. The van der Waals surface area contributed by atoms with Gasteiger partial charge in [0.2, 0.25) is 0 Å². The van der Waals surface area contributed by atoms with Crippen LogP contribution in [0.4, 0.5) is 0 Å². The van der Waals surface area contributed by atoms with Crippen molar-refractivity contribution >= 4 is 43.2 Å². The fourth-order valence-corrected chi connectivity index (χ4v) is 3.28. The lowest BCUT2D eigenvalue weighted by Crippen LogP contribution is -2.26. The molecular formula is C10H15Br2NOS. The normalized spacial score (nSPS) is 13.1. The molecule has 86 valence electrons. The van der Waals surface area contributed by atoms with Crippen LogP contribution in [0, 0.1) is 0 Å². The zero-order valence-corrected chi connectivity index (χ0v) is 12.8. The summed E-state index contributed by atoms with van der Waals surface area (Å²) < 4.78 is 7.32. The number of hydrogen-bond donors (Lipinski definition) is 1. The first-order valence-electron chi connectivity index (χ1n) is 4.79. The number of halogens is 2. The molecule has 1 N–H and O–H groups in total. The van der Waals surface area contributed by atoms with Crippen LogP contribution >= 0.6 is 43.2 Å². The summed E-state index contributed by atoms with van der Waals surface area (Å²) in [6, 6.07) is 2.63. The molecule has 0 fully saturated rings. The molecule has 1 atom stereocenters. The van der Waals surface area contributed by atoms with Gasteiger partial charge in [-0.1, -0.05) is 0 Å². The molecule has 0 aromatic carbocycles. The number of hydrogen-bond acceptors (Lipinski definition) is 3. The predicted molar refractivity (Wildman–Crippen MR) is 72.5 cm³/mol. The van der Waals surface area contributed by atoms with Gasteiger partial charge in [0.15, 0.2) is 0 Å². The Labute approximate surface area is 112 Å². The highest BCUT2D eigenvalue weighted by Crippen LogP contribution is 2.32. The topological polar surface area (TPSA) is 21.3 Å². The van der Waals surface area contributed by atoms with E-state index < -0.39 is 0 Å². The minimum absolute atomic E-state index is 0.490. The van der Waals surface area contributed by atoms with E-state index in [0.29, 0.717) is 6.04 Å². The fourth-order valence-electron chi connectivity index (χ4n) is 1.15. The van der Waals surface area contributed by atoms with Gasteiger partial charge in [-0.05, 0) is 51.3 Å². The average Bonchev–Trinajstić information content (AvgIpc) is 2.52. The van der Waals surface area contributed by atoms with Crippen molar-refractivity contribution < 1.29 is 4.74 Å². The average molecular weight is 357 g/mol. The molecule has 1 aromatic rings. The summed E-state index contributed by atoms with van der Waals surface area (Å²) in [5, 5.41) is 3.46. The van der Waals surface area contributed by atoms with Gasteiger partial charge in [-0.25, -0.2) is 0 Å². The number of thiophene rings is 1. The molecule has 2 nitrogen and oxygen atoms in total. The lowest BCUT2D eigenvalue weighted by Gasteiger charge is -2.11. The van der Waals surface area contributed by atoms with Crippen LogP contribution in [-0.2, 0) is 11.3 Å². The molecule has 0 bridgehead atoms. The van der Waals surface area contributed by atoms with Gasteiger partial charge in [0.25, 0.3) is 0 Å². The Bertz CT molecular complexity index is 284. The number of ether oxygens (including phenoxy) is 1. The first-order valence-corrected chi connectivity index (χ1v) is 7.19. The highest BCUT2D eigenvalue weighted by atomic mass is 79.9. The molecule has 0 aliphatic rings. The fraction of sp³-hybridized carbons (Fsp3) is 0.600. The van der Waals surface area contributed by atoms with Crippen molar-refractivity contribution in [3.05, 3.63) is 19.2 Å². The van der Waals surface area contributed by atoms with Crippen molar-refractivity contribution in [2.24, 2.45) is 0 Å². The third kappa shape index (κ3) is 4.95. The van der Waals surface area contributed by atoms with Crippen molar-refractivity contribution in [1.29, 1.82) is 0 Å². The van der Waals surface area contributed by atoms with Crippen LogP contribution in [0.5, 0.6) is 0 Å². The van der Waals surface area contributed by atoms with Crippen LogP contribution in [0.1, 0.15) is 18.2 Å². The van der Waals surface area contributed by atoms with Crippen molar-refractivity contribution in [3.8, 4) is 0 Å². The summed E-state index contributed by atoms with van der Waals surface area (Å²) >= 11 is 8.73. The smallest absolute Gasteiger partial charge is 0.0843 e. The summed E-state index contributed by atoms with van der Waals surface area (Å²) in [7, 11) is 1.74. The first kappa shape index (κ1) is 13.6. The Hall–Kier alpha value is 0.580. The van der Waals surface area contributed by atoms with Crippen molar-refractivity contribution in [1.82, 2.24) is 5.32 Å². The Kier molecular flexibility index (Phi) is 6.38. The monoisotopic (exact) mass is 355 g/mol. The molecule has 1 heterocycles. The van der Waals surface area contributed by atoms with Gasteiger partial charge in [-0.3, -0.25) is 0 Å². The Balaban J connectivity index is 2.30. The second-order valence-electron chi connectivity index (χ2n) is 3.40. The molecule has 1 unspecified atom stereocenters. The molecule has 5 heteroatoms. The Morgan fingerprint density at radius 2 is 2.27 bits per heavy atom. The van der Waals surface area contributed by atoms with E-state index in [2.05, 4.69) is 50.2 Å². The molecule has 0 aliphatic carbocycles. The van der Waals surface area contributed by atoms with E-state index in [1.165, 1.54) is 4.88 Å². The maximum absolute atomic E-state index is 5.04. The van der Waals surface area contributed by atoms with Gasteiger partial charge >= 0.3 is 0 Å². The lowest BCUT2D eigenvalue weighted by molar-refractivity contribution is 0.185. The van der Waals surface area contributed by atoms with Gasteiger partial charge in [-0.15, -0.1) is 11.3 Å². The largest absolute Gasteiger partial charge is 0.385 e. The first-order chi connectivity index (χ1) is 7.13. The second kappa shape index (κ2) is 7.01. The van der Waals surface area contributed by atoms with E-state index in [1.807, 2.05) is 0 Å². The number of methoxy groups -OCH3 is 1. The Morgan fingerprint density at radius 1 is 1.53 bits per heavy atom. The van der Waals surface area contributed by atoms with E-state index in [-0.39, 0.29) is 0 Å². The van der Waals surface area contributed by atoms with E-state index in [1.54, 1.807) is 18.4 Å². The summed E-state index contributed by atoms with van der Waals surface area (Å²) in [6.07, 6.45) is 1.05. The quantitative estimate of drug-likeness (QED) is 0.837. The van der Waals surface area contributed by atoms with Crippen molar-refractivity contribution in [2.75, 3.05) is 13.7 Å². The van der Waals surface area contributed by atoms with Crippen LogP contribution in [-0.4, -0.2) is 19.8 Å². The summed E-state index contributed by atoms with van der Waals surface area (Å²) in [6.45, 7) is 3.91. The molecule has 0 saturated carbocycles. The second-order valence-corrected chi connectivity index (χ2v) is 6.71. The standard InChI is InChI=1S/C10H15Br2NOS/c1-7(3-4-14-2)13-6-8-5-9(11)10(12)15-8/h5,7,13H,3-4,6H2,1-2H3.